The monoisotopic (exact) mass is 510 g/mol. The number of anilines is 2. The largest absolute Gasteiger partial charge is 0.483 e. The summed E-state index contributed by atoms with van der Waals surface area (Å²) in [5, 5.41) is 0. The summed E-state index contributed by atoms with van der Waals surface area (Å²) >= 11 is 0. The second kappa shape index (κ2) is 10.3. The van der Waals surface area contributed by atoms with Crippen LogP contribution in [-0.4, -0.2) is 46.7 Å². The predicted octanol–water partition coefficient (Wildman–Crippen LogP) is 3.45. The van der Waals surface area contributed by atoms with Crippen LogP contribution in [-0.2, 0) is 24.3 Å². The molecule has 3 aromatic rings. The minimum atomic E-state index is -3.80. The Morgan fingerprint density at radius 2 is 1.78 bits per heavy atom. The molecule has 0 saturated heterocycles. The molecule has 36 heavy (non-hydrogen) atoms. The van der Waals surface area contributed by atoms with Crippen LogP contribution in [0.3, 0.4) is 0 Å². The standard InChI is InChI=1S/C26H26N2O7S/c1-17-8-10-19(11-9-17)27-36(31,32)20-12-13-22(18(2)14-20)34-16-25(29)28-15-24(26(30)33-3)35-23-7-5-4-6-21(23)28/h4-14,24,27H,15-16H2,1-3H3. The van der Waals surface area contributed by atoms with Crippen LogP contribution < -0.4 is 19.1 Å². The number of sulfonamides is 1. The summed E-state index contributed by atoms with van der Waals surface area (Å²) in [7, 11) is -2.55. The molecule has 0 aliphatic carbocycles. The Hall–Kier alpha value is -4.05. The van der Waals surface area contributed by atoms with Gasteiger partial charge in [0.1, 0.15) is 11.5 Å². The van der Waals surface area contributed by atoms with Crippen molar-refractivity contribution in [2.75, 3.05) is 29.9 Å². The maximum absolute atomic E-state index is 13.0. The first kappa shape index (κ1) is 25.1. The van der Waals surface area contributed by atoms with E-state index in [4.69, 9.17) is 14.2 Å². The Kier molecular flexibility index (Phi) is 7.16. The Labute approximate surface area is 209 Å². The van der Waals surface area contributed by atoms with Crippen molar-refractivity contribution in [3.05, 3.63) is 77.9 Å². The highest BCUT2D eigenvalue weighted by Crippen LogP contribution is 2.33. The molecule has 3 aromatic carbocycles. The minimum absolute atomic E-state index is 0.0211. The van der Waals surface area contributed by atoms with E-state index in [0.717, 1.165) is 5.56 Å². The number of methoxy groups -OCH3 is 1. The second-order valence-corrected chi connectivity index (χ2v) is 9.97. The van der Waals surface area contributed by atoms with Crippen LogP contribution in [0, 0.1) is 13.8 Å². The van der Waals surface area contributed by atoms with Gasteiger partial charge >= 0.3 is 5.97 Å². The topological polar surface area (TPSA) is 111 Å². The van der Waals surface area contributed by atoms with Crippen molar-refractivity contribution in [2.45, 2.75) is 24.8 Å². The van der Waals surface area contributed by atoms with Gasteiger partial charge in [0, 0.05) is 5.69 Å². The summed E-state index contributed by atoms with van der Waals surface area (Å²) < 4.78 is 44.3. The van der Waals surface area contributed by atoms with Gasteiger partial charge in [-0.3, -0.25) is 9.52 Å². The summed E-state index contributed by atoms with van der Waals surface area (Å²) in [5.41, 5.74) is 2.54. The molecule has 10 heteroatoms. The lowest BCUT2D eigenvalue weighted by atomic mass is 10.2. The third-order valence-electron chi connectivity index (χ3n) is 5.65. The van der Waals surface area contributed by atoms with Crippen molar-refractivity contribution in [2.24, 2.45) is 0 Å². The highest BCUT2D eigenvalue weighted by atomic mass is 32.2. The number of rotatable bonds is 7. The molecule has 0 aromatic heterocycles. The van der Waals surface area contributed by atoms with E-state index in [1.165, 1.54) is 30.2 Å². The number of benzene rings is 3. The highest BCUT2D eigenvalue weighted by molar-refractivity contribution is 7.92. The van der Waals surface area contributed by atoms with E-state index in [9.17, 15) is 18.0 Å². The maximum atomic E-state index is 13.0. The van der Waals surface area contributed by atoms with Crippen molar-refractivity contribution in [3.63, 3.8) is 0 Å². The number of nitrogens with one attached hydrogen (secondary N) is 1. The van der Waals surface area contributed by atoms with Gasteiger partial charge in [0.2, 0.25) is 6.10 Å². The number of carbonyl (C=O) groups excluding carboxylic acids is 2. The molecule has 0 bridgehead atoms. The molecule has 1 amide bonds. The van der Waals surface area contributed by atoms with Crippen LogP contribution in [0.2, 0.25) is 0 Å². The van der Waals surface area contributed by atoms with E-state index < -0.39 is 28.0 Å². The normalized spacial score (nSPS) is 14.9. The fourth-order valence-corrected chi connectivity index (χ4v) is 4.87. The third kappa shape index (κ3) is 5.44. The number of amides is 1. The zero-order valence-corrected chi connectivity index (χ0v) is 20.9. The summed E-state index contributed by atoms with van der Waals surface area (Å²) in [5.74, 6) is -0.227. The number of hydrogen-bond donors (Lipinski definition) is 1. The van der Waals surface area contributed by atoms with Gasteiger partial charge in [0.25, 0.3) is 15.9 Å². The molecular weight excluding hydrogens is 484 g/mol. The van der Waals surface area contributed by atoms with Gasteiger partial charge in [-0.25, -0.2) is 13.2 Å². The molecule has 1 atom stereocenters. The van der Waals surface area contributed by atoms with Crippen LogP contribution in [0.15, 0.2) is 71.6 Å². The van der Waals surface area contributed by atoms with Gasteiger partial charge in [0.15, 0.2) is 6.61 Å². The highest BCUT2D eigenvalue weighted by Gasteiger charge is 2.34. The van der Waals surface area contributed by atoms with E-state index in [2.05, 4.69) is 4.72 Å². The van der Waals surface area contributed by atoms with E-state index in [1.807, 2.05) is 19.1 Å². The molecule has 1 aliphatic heterocycles. The first-order valence-electron chi connectivity index (χ1n) is 11.1. The number of ether oxygens (including phenoxy) is 3. The lowest BCUT2D eigenvalue weighted by Crippen LogP contribution is -2.48. The van der Waals surface area contributed by atoms with E-state index in [1.54, 1.807) is 43.3 Å². The molecule has 0 radical (unpaired) electrons. The lowest BCUT2D eigenvalue weighted by molar-refractivity contribution is -0.148. The zero-order valence-electron chi connectivity index (χ0n) is 20.1. The maximum Gasteiger partial charge on any atom is 0.348 e. The first-order valence-corrected chi connectivity index (χ1v) is 12.6. The number of aryl methyl sites for hydroxylation is 2. The van der Waals surface area contributed by atoms with Crippen LogP contribution in [0.5, 0.6) is 11.5 Å². The first-order chi connectivity index (χ1) is 17.2. The molecule has 188 valence electrons. The zero-order chi connectivity index (χ0) is 25.9. The minimum Gasteiger partial charge on any atom is -0.483 e. The van der Waals surface area contributed by atoms with E-state index >= 15 is 0 Å². The fraction of sp³-hybridized carbons (Fsp3) is 0.231. The molecule has 0 saturated carbocycles. The van der Waals surface area contributed by atoms with Crippen molar-refractivity contribution < 1.29 is 32.2 Å². The number of nitrogens with zero attached hydrogens (tertiary/aromatic N) is 1. The molecule has 0 fully saturated rings. The quantitative estimate of drug-likeness (QED) is 0.485. The van der Waals surface area contributed by atoms with Crippen molar-refractivity contribution >= 4 is 33.3 Å². The predicted molar refractivity (Wildman–Crippen MR) is 134 cm³/mol. The van der Waals surface area contributed by atoms with Gasteiger partial charge in [-0.15, -0.1) is 0 Å². The molecule has 0 spiro atoms. The molecule has 1 unspecified atom stereocenters. The average molecular weight is 511 g/mol. The second-order valence-electron chi connectivity index (χ2n) is 8.29. The van der Waals surface area contributed by atoms with Crippen LogP contribution >= 0.6 is 0 Å². The number of fused-ring (bicyclic) bond motifs is 1. The van der Waals surface area contributed by atoms with Gasteiger partial charge < -0.3 is 19.1 Å². The number of hydrogen-bond acceptors (Lipinski definition) is 7. The van der Waals surface area contributed by atoms with Gasteiger partial charge in [0.05, 0.1) is 24.2 Å². The average Bonchev–Trinajstić information content (AvgIpc) is 2.87. The SMILES string of the molecule is COC(=O)C1CN(C(=O)COc2ccc(S(=O)(=O)Nc3ccc(C)cc3)cc2C)c2ccccc2O1. The van der Waals surface area contributed by atoms with Crippen LogP contribution in [0.4, 0.5) is 11.4 Å². The molecule has 9 nitrogen and oxygen atoms in total. The molecule has 1 heterocycles. The van der Waals surface area contributed by atoms with Crippen molar-refractivity contribution in [1.29, 1.82) is 0 Å². The lowest BCUT2D eigenvalue weighted by Gasteiger charge is -2.33. The van der Waals surface area contributed by atoms with Gasteiger partial charge in [-0.2, -0.15) is 0 Å². The van der Waals surface area contributed by atoms with Crippen molar-refractivity contribution in [3.8, 4) is 11.5 Å². The molecule has 4 rings (SSSR count). The van der Waals surface area contributed by atoms with Crippen LogP contribution in [0.25, 0.3) is 0 Å². The number of para-hydroxylation sites is 2. The van der Waals surface area contributed by atoms with Crippen LogP contribution in [0.1, 0.15) is 11.1 Å². The summed E-state index contributed by atoms with van der Waals surface area (Å²) in [6, 6.07) is 18.3. The van der Waals surface area contributed by atoms with E-state index in [0.29, 0.717) is 28.4 Å². The molecule has 1 aliphatic rings. The summed E-state index contributed by atoms with van der Waals surface area (Å²) in [4.78, 5) is 26.6. The summed E-state index contributed by atoms with van der Waals surface area (Å²) in [6.07, 6.45) is -0.957. The fourth-order valence-electron chi connectivity index (χ4n) is 3.73. The Morgan fingerprint density at radius 1 is 1.06 bits per heavy atom. The summed E-state index contributed by atoms with van der Waals surface area (Å²) in [6.45, 7) is 3.27. The molecule has 1 N–H and O–H groups in total. The molecular formula is C26H26N2O7S. The number of esters is 1. The van der Waals surface area contributed by atoms with E-state index in [-0.39, 0.29) is 18.0 Å². The van der Waals surface area contributed by atoms with Gasteiger partial charge in [-0.05, 0) is 61.9 Å². The van der Waals surface area contributed by atoms with Gasteiger partial charge in [-0.1, -0.05) is 29.8 Å². The Bertz CT molecular complexity index is 1390. The Morgan fingerprint density at radius 3 is 2.47 bits per heavy atom. The Balaban J connectivity index is 1.46. The number of carbonyl (C=O) groups is 2. The van der Waals surface area contributed by atoms with Crippen molar-refractivity contribution in [1.82, 2.24) is 0 Å². The third-order valence-corrected chi connectivity index (χ3v) is 7.03. The smallest absolute Gasteiger partial charge is 0.348 e.